The molecule has 1 atom stereocenters. The molecular formula is C25H30BrN3O5S. The highest BCUT2D eigenvalue weighted by molar-refractivity contribution is 9.10. The Morgan fingerprint density at radius 2 is 1.83 bits per heavy atom. The molecule has 188 valence electrons. The number of benzene rings is 2. The number of hydrogen-bond donors (Lipinski definition) is 2. The van der Waals surface area contributed by atoms with Crippen LogP contribution >= 0.6 is 15.9 Å². The zero-order chi connectivity index (χ0) is 24.8. The molecule has 0 spiro atoms. The Hall–Kier alpha value is -2.27. The normalized spacial score (nSPS) is 19.4. The molecule has 2 aromatic carbocycles. The molecule has 2 N–H and O–H groups in total. The summed E-state index contributed by atoms with van der Waals surface area (Å²) in [5.41, 5.74) is 1.56. The molecule has 10 heteroatoms. The van der Waals surface area contributed by atoms with E-state index < -0.39 is 10.0 Å². The zero-order valence-corrected chi connectivity index (χ0v) is 21.8. The van der Waals surface area contributed by atoms with Gasteiger partial charge in [0.15, 0.2) is 0 Å². The molecule has 2 aromatic rings. The van der Waals surface area contributed by atoms with Gasteiger partial charge in [-0.1, -0.05) is 40.2 Å². The van der Waals surface area contributed by atoms with E-state index in [2.05, 4.69) is 26.6 Å². The van der Waals surface area contributed by atoms with Gasteiger partial charge in [-0.2, -0.15) is 0 Å². The number of hydrogen-bond acceptors (Lipinski definition) is 5. The molecule has 2 aliphatic rings. The fraction of sp³-hybridized carbons (Fsp3) is 0.440. The third kappa shape index (κ3) is 6.91. The number of carbonyl (C=O) groups is 2. The molecule has 2 amide bonds. The van der Waals surface area contributed by atoms with E-state index >= 15 is 0 Å². The first kappa shape index (κ1) is 25.8. The van der Waals surface area contributed by atoms with Crippen LogP contribution in [-0.2, 0) is 25.3 Å². The Bertz CT molecular complexity index is 1160. The Kier molecular flexibility index (Phi) is 8.59. The zero-order valence-electron chi connectivity index (χ0n) is 19.4. The van der Waals surface area contributed by atoms with E-state index in [4.69, 9.17) is 4.74 Å². The van der Waals surface area contributed by atoms with Crippen LogP contribution in [0.5, 0.6) is 0 Å². The Balaban J connectivity index is 1.31. The predicted octanol–water partition coefficient (Wildman–Crippen LogP) is 3.54. The maximum absolute atomic E-state index is 13.0. The number of rotatable bonds is 8. The third-order valence-electron chi connectivity index (χ3n) is 6.40. The second kappa shape index (κ2) is 11.6. The number of nitrogens with one attached hydrogen (secondary N) is 2. The number of sulfonamides is 1. The van der Waals surface area contributed by atoms with Gasteiger partial charge in [0.05, 0.1) is 23.1 Å². The number of nitrogens with zero attached hydrogens (tertiary/aromatic N) is 1. The van der Waals surface area contributed by atoms with Gasteiger partial charge in [-0.15, -0.1) is 0 Å². The van der Waals surface area contributed by atoms with Crippen molar-refractivity contribution >= 4 is 43.5 Å². The molecular weight excluding hydrogens is 534 g/mol. The summed E-state index contributed by atoms with van der Waals surface area (Å²) in [6.07, 6.45) is 2.81. The maximum Gasteiger partial charge on any atom is 0.253 e. The molecule has 2 saturated heterocycles. The van der Waals surface area contributed by atoms with Crippen molar-refractivity contribution in [3.8, 4) is 0 Å². The molecule has 2 aliphatic heterocycles. The third-order valence-corrected chi connectivity index (χ3v) is 8.74. The second-order valence-electron chi connectivity index (χ2n) is 8.94. The summed E-state index contributed by atoms with van der Waals surface area (Å²) < 4.78 is 33.6. The van der Waals surface area contributed by atoms with Gasteiger partial charge in [0.25, 0.3) is 5.91 Å². The van der Waals surface area contributed by atoms with Gasteiger partial charge in [-0.25, -0.2) is 12.7 Å². The monoisotopic (exact) mass is 563 g/mol. The first-order valence-corrected chi connectivity index (χ1v) is 14.2. The summed E-state index contributed by atoms with van der Waals surface area (Å²) in [7, 11) is -3.47. The van der Waals surface area contributed by atoms with Crippen LogP contribution in [0, 0.1) is 5.92 Å². The fourth-order valence-electron chi connectivity index (χ4n) is 4.46. The first-order valence-electron chi connectivity index (χ1n) is 11.8. The van der Waals surface area contributed by atoms with Gasteiger partial charge in [0.1, 0.15) is 0 Å². The van der Waals surface area contributed by atoms with Crippen LogP contribution in [0.25, 0.3) is 0 Å². The minimum Gasteiger partial charge on any atom is -0.376 e. The standard InChI is InChI=1S/C25H30BrN3O5S/c26-20-6-3-5-18(15-20)17-35(32,33)29-12-10-19(11-13-29)24(30)28-23-9-2-1-8-22(23)25(31)27-16-21-7-4-14-34-21/h1-3,5-6,8-9,15,19,21H,4,7,10-14,16-17H2,(H,27,31)(H,28,30)/t21-/m1/s1. The number of piperidine rings is 1. The number of ether oxygens (including phenoxy) is 1. The summed E-state index contributed by atoms with van der Waals surface area (Å²) >= 11 is 3.37. The van der Waals surface area contributed by atoms with E-state index in [0.29, 0.717) is 36.2 Å². The molecule has 35 heavy (non-hydrogen) atoms. The summed E-state index contributed by atoms with van der Waals surface area (Å²) in [6, 6.07) is 14.2. The van der Waals surface area contributed by atoms with Crippen LogP contribution in [0.1, 0.15) is 41.6 Å². The summed E-state index contributed by atoms with van der Waals surface area (Å²) in [4.78, 5) is 25.7. The van der Waals surface area contributed by atoms with E-state index in [1.165, 1.54) is 4.31 Å². The van der Waals surface area contributed by atoms with Crippen molar-refractivity contribution in [2.75, 3.05) is 31.6 Å². The van der Waals surface area contributed by atoms with Crippen LogP contribution in [-0.4, -0.2) is 56.9 Å². The van der Waals surface area contributed by atoms with Crippen LogP contribution in [0.3, 0.4) is 0 Å². The Morgan fingerprint density at radius 3 is 2.54 bits per heavy atom. The molecule has 0 unspecified atom stereocenters. The highest BCUT2D eigenvalue weighted by Crippen LogP contribution is 2.25. The minimum absolute atomic E-state index is 0.0329. The number of para-hydroxylation sites is 1. The highest BCUT2D eigenvalue weighted by atomic mass is 79.9. The van der Waals surface area contributed by atoms with Crippen LogP contribution in [0.2, 0.25) is 0 Å². The van der Waals surface area contributed by atoms with Gasteiger partial charge >= 0.3 is 0 Å². The Morgan fingerprint density at radius 1 is 1.06 bits per heavy atom. The minimum atomic E-state index is -3.47. The SMILES string of the molecule is O=C(NC[C@H]1CCCO1)c1ccccc1NC(=O)C1CCN(S(=O)(=O)Cc2cccc(Br)c2)CC1. The molecule has 2 heterocycles. The average Bonchev–Trinajstić information content (AvgIpc) is 3.36. The molecule has 2 fully saturated rings. The Labute approximate surface area is 214 Å². The lowest BCUT2D eigenvalue weighted by atomic mass is 9.97. The van der Waals surface area contributed by atoms with E-state index in [9.17, 15) is 18.0 Å². The number of anilines is 1. The van der Waals surface area contributed by atoms with Crippen LogP contribution in [0.4, 0.5) is 5.69 Å². The summed E-state index contributed by atoms with van der Waals surface area (Å²) in [5, 5.41) is 5.77. The van der Waals surface area contributed by atoms with Crippen molar-refractivity contribution < 1.29 is 22.7 Å². The van der Waals surface area contributed by atoms with E-state index in [0.717, 1.165) is 23.9 Å². The topological polar surface area (TPSA) is 105 Å². The van der Waals surface area contributed by atoms with Gasteiger partial charge in [0, 0.05) is 36.6 Å². The highest BCUT2D eigenvalue weighted by Gasteiger charge is 2.31. The summed E-state index contributed by atoms with van der Waals surface area (Å²) in [5.74, 6) is -0.855. The van der Waals surface area contributed by atoms with Gasteiger partial charge in [-0.3, -0.25) is 9.59 Å². The van der Waals surface area contributed by atoms with Gasteiger partial charge < -0.3 is 15.4 Å². The smallest absolute Gasteiger partial charge is 0.253 e. The molecule has 8 nitrogen and oxygen atoms in total. The van der Waals surface area contributed by atoms with Crippen molar-refractivity contribution in [1.29, 1.82) is 0 Å². The van der Waals surface area contributed by atoms with Crippen molar-refractivity contribution in [3.63, 3.8) is 0 Å². The molecule has 0 saturated carbocycles. The van der Waals surface area contributed by atoms with E-state index in [-0.39, 0.29) is 42.7 Å². The predicted molar refractivity (Wildman–Crippen MR) is 137 cm³/mol. The first-order chi connectivity index (χ1) is 16.8. The van der Waals surface area contributed by atoms with Crippen molar-refractivity contribution in [3.05, 3.63) is 64.1 Å². The average molecular weight is 565 g/mol. The van der Waals surface area contributed by atoms with Crippen LogP contribution < -0.4 is 10.6 Å². The van der Waals surface area contributed by atoms with Crippen molar-refractivity contribution in [2.45, 2.75) is 37.5 Å². The fourth-order valence-corrected chi connectivity index (χ4v) is 6.45. The lowest BCUT2D eigenvalue weighted by molar-refractivity contribution is -0.120. The molecule has 4 rings (SSSR count). The van der Waals surface area contributed by atoms with Crippen molar-refractivity contribution in [1.82, 2.24) is 9.62 Å². The number of halogens is 1. The second-order valence-corrected chi connectivity index (χ2v) is 11.8. The molecule has 0 aromatic heterocycles. The van der Waals surface area contributed by atoms with Gasteiger partial charge in [0.2, 0.25) is 15.9 Å². The van der Waals surface area contributed by atoms with E-state index in [1.807, 2.05) is 12.1 Å². The van der Waals surface area contributed by atoms with E-state index in [1.54, 1.807) is 36.4 Å². The number of carbonyl (C=O) groups excluding carboxylic acids is 2. The maximum atomic E-state index is 13.0. The lowest BCUT2D eigenvalue weighted by Crippen LogP contribution is -2.42. The quantitative estimate of drug-likeness (QED) is 0.511. The lowest BCUT2D eigenvalue weighted by Gasteiger charge is -2.30. The molecule has 0 radical (unpaired) electrons. The molecule has 0 bridgehead atoms. The largest absolute Gasteiger partial charge is 0.376 e. The summed E-state index contributed by atoms with van der Waals surface area (Å²) in [6.45, 7) is 1.74. The van der Waals surface area contributed by atoms with Crippen molar-refractivity contribution in [2.24, 2.45) is 5.92 Å². The van der Waals surface area contributed by atoms with Gasteiger partial charge in [-0.05, 0) is 55.5 Å². The molecule has 0 aliphatic carbocycles. The number of amides is 2. The van der Waals surface area contributed by atoms with Crippen LogP contribution in [0.15, 0.2) is 53.0 Å².